The molecule has 0 aromatic heterocycles. The van der Waals surface area contributed by atoms with Crippen LogP contribution in [-0.2, 0) is 14.3 Å². The fraction of sp³-hybridized carbons (Fsp3) is 0.281. The molecule has 0 spiro atoms. The average Bonchev–Trinajstić information content (AvgIpc) is 3.37. The lowest BCUT2D eigenvalue weighted by molar-refractivity contribution is -0.154. The second-order valence-corrected chi connectivity index (χ2v) is 9.49. The molecule has 1 aliphatic heterocycles. The quantitative estimate of drug-likeness (QED) is 0.329. The van der Waals surface area contributed by atoms with Crippen molar-refractivity contribution >= 4 is 23.7 Å². The lowest BCUT2D eigenvalue weighted by Crippen LogP contribution is -2.35. The predicted octanol–water partition coefficient (Wildman–Crippen LogP) is 5.83. The number of rotatable bonds is 9. The molecule has 2 aliphatic rings. The van der Waals surface area contributed by atoms with Gasteiger partial charge in [0.25, 0.3) is 5.91 Å². The molecule has 1 saturated carbocycles. The number of amides is 1. The number of carbonyl (C=O) groups is 2. The van der Waals surface area contributed by atoms with Gasteiger partial charge in [-0.3, -0.25) is 4.79 Å². The highest BCUT2D eigenvalue weighted by Gasteiger charge is 2.43. The molecule has 0 N–H and O–H groups in total. The molecule has 200 valence electrons. The number of benzene rings is 3. The zero-order chi connectivity index (χ0) is 27.0. The van der Waals surface area contributed by atoms with Crippen molar-refractivity contribution in [3.63, 3.8) is 0 Å². The fourth-order valence-electron chi connectivity index (χ4n) is 5.17. The molecule has 0 radical (unpaired) electrons. The van der Waals surface area contributed by atoms with Crippen LogP contribution in [0.25, 0.3) is 6.08 Å². The molecule has 1 heterocycles. The minimum absolute atomic E-state index is 0.0779. The first-order valence-corrected chi connectivity index (χ1v) is 13.4. The summed E-state index contributed by atoms with van der Waals surface area (Å²) in [6.07, 6.45) is 5.02. The maximum atomic E-state index is 13.4. The molecule has 0 bridgehead atoms. The standard InChI is InChI=1S/C32H32N2O5/c1-2-37-27-18-9-10-19-28(27)38-22-30(36)39-21-29(35)34-32(24-14-7-4-8-15-24)26-17-11-16-25(31(26)33-34)20-23-12-5-3-6-13-23/h3-10,12-15,18-20,26,32H,2,11,16-17,21-22H2,1H3/b25-20-/t26-,32+/m1/s1. The zero-order valence-electron chi connectivity index (χ0n) is 22.0. The molecule has 2 atom stereocenters. The van der Waals surface area contributed by atoms with E-state index in [9.17, 15) is 9.59 Å². The summed E-state index contributed by atoms with van der Waals surface area (Å²) in [6, 6.07) is 27.0. The van der Waals surface area contributed by atoms with E-state index < -0.39 is 12.6 Å². The Labute approximate surface area is 228 Å². The first-order chi connectivity index (χ1) is 19.1. The first-order valence-electron chi connectivity index (χ1n) is 13.4. The average molecular weight is 525 g/mol. The van der Waals surface area contributed by atoms with Crippen molar-refractivity contribution in [2.24, 2.45) is 11.0 Å². The molecule has 1 fully saturated rings. The van der Waals surface area contributed by atoms with Gasteiger partial charge in [-0.1, -0.05) is 72.8 Å². The molecule has 39 heavy (non-hydrogen) atoms. The summed E-state index contributed by atoms with van der Waals surface area (Å²) in [7, 11) is 0. The molecule has 1 aliphatic carbocycles. The normalized spacial score (nSPS) is 19.3. The number of ether oxygens (including phenoxy) is 3. The highest BCUT2D eigenvalue weighted by molar-refractivity contribution is 6.08. The van der Waals surface area contributed by atoms with Crippen molar-refractivity contribution in [3.05, 3.63) is 102 Å². The van der Waals surface area contributed by atoms with Gasteiger partial charge >= 0.3 is 5.97 Å². The van der Waals surface area contributed by atoms with E-state index >= 15 is 0 Å². The Morgan fingerprint density at radius 3 is 2.28 bits per heavy atom. The highest BCUT2D eigenvalue weighted by Crippen LogP contribution is 2.44. The van der Waals surface area contributed by atoms with Crippen LogP contribution in [0.1, 0.15) is 43.4 Å². The summed E-state index contributed by atoms with van der Waals surface area (Å²) in [5, 5.41) is 6.35. The van der Waals surface area contributed by atoms with Gasteiger partial charge in [-0.05, 0) is 61.1 Å². The second kappa shape index (κ2) is 12.4. The highest BCUT2D eigenvalue weighted by atomic mass is 16.6. The minimum atomic E-state index is -0.639. The molecule has 0 saturated heterocycles. The van der Waals surface area contributed by atoms with Crippen molar-refractivity contribution in [2.75, 3.05) is 19.8 Å². The van der Waals surface area contributed by atoms with Gasteiger partial charge in [-0.15, -0.1) is 0 Å². The van der Waals surface area contributed by atoms with Crippen LogP contribution in [0.3, 0.4) is 0 Å². The van der Waals surface area contributed by atoms with Crippen LogP contribution in [0.15, 0.2) is 95.6 Å². The van der Waals surface area contributed by atoms with E-state index in [1.165, 1.54) is 5.01 Å². The molecule has 0 unspecified atom stereocenters. The third-order valence-electron chi connectivity index (χ3n) is 6.89. The van der Waals surface area contributed by atoms with E-state index in [0.717, 1.165) is 41.7 Å². The number of fused-ring (bicyclic) bond motifs is 1. The van der Waals surface area contributed by atoms with Gasteiger partial charge in [0.1, 0.15) is 0 Å². The molecule has 1 amide bonds. The van der Waals surface area contributed by atoms with E-state index in [-0.39, 0.29) is 24.5 Å². The monoisotopic (exact) mass is 524 g/mol. The Kier molecular flexibility index (Phi) is 8.36. The van der Waals surface area contributed by atoms with E-state index in [1.54, 1.807) is 18.2 Å². The van der Waals surface area contributed by atoms with E-state index in [2.05, 4.69) is 18.2 Å². The molecule has 5 rings (SSSR count). The predicted molar refractivity (Wildman–Crippen MR) is 149 cm³/mol. The maximum Gasteiger partial charge on any atom is 0.344 e. The maximum absolute atomic E-state index is 13.4. The first kappa shape index (κ1) is 26.2. The molecule has 3 aromatic rings. The number of hydrogen-bond donors (Lipinski definition) is 0. The van der Waals surface area contributed by atoms with Gasteiger partial charge < -0.3 is 14.2 Å². The van der Waals surface area contributed by atoms with Crippen molar-refractivity contribution < 1.29 is 23.8 Å². The molecular weight excluding hydrogens is 492 g/mol. The summed E-state index contributed by atoms with van der Waals surface area (Å²) in [5.41, 5.74) is 4.20. The van der Waals surface area contributed by atoms with Crippen molar-refractivity contribution in [3.8, 4) is 11.5 Å². The van der Waals surface area contributed by atoms with Crippen molar-refractivity contribution in [1.29, 1.82) is 0 Å². The van der Waals surface area contributed by atoms with E-state index in [4.69, 9.17) is 19.3 Å². The van der Waals surface area contributed by atoms with Crippen molar-refractivity contribution in [2.45, 2.75) is 32.2 Å². The minimum Gasteiger partial charge on any atom is -0.490 e. The summed E-state index contributed by atoms with van der Waals surface area (Å²) >= 11 is 0. The Morgan fingerprint density at radius 2 is 1.56 bits per heavy atom. The van der Waals surface area contributed by atoms with Crippen LogP contribution >= 0.6 is 0 Å². The smallest absolute Gasteiger partial charge is 0.344 e. The van der Waals surface area contributed by atoms with E-state index in [1.807, 2.05) is 61.5 Å². The summed E-state index contributed by atoms with van der Waals surface area (Å²) in [4.78, 5) is 25.9. The molecule has 3 aromatic carbocycles. The SMILES string of the molecule is CCOc1ccccc1OCC(=O)OCC(=O)N1N=C2/C(=C\c3ccccc3)CCC[C@H]2[C@@H]1c1ccccc1. The van der Waals surface area contributed by atoms with Crippen LogP contribution in [0.5, 0.6) is 11.5 Å². The Hall–Kier alpha value is -4.39. The van der Waals surface area contributed by atoms with Crippen LogP contribution in [0, 0.1) is 5.92 Å². The van der Waals surface area contributed by atoms with Gasteiger partial charge in [0, 0.05) is 5.92 Å². The largest absolute Gasteiger partial charge is 0.490 e. The Morgan fingerprint density at radius 1 is 0.897 bits per heavy atom. The Balaban J connectivity index is 1.30. The Bertz CT molecular complexity index is 1350. The number of esters is 1. The van der Waals surface area contributed by atoms with Gasteiger partial charge in [0.2, 0.25) is 0 Å². The number of allylic oxidation sites excluding steroid dienone is 1. The van der Waals surface area contributed by atoms with Gasteiger partial charge in [-0.2, -0.15) is 5.10 Å². The number of hydrazone groups is 1. The van der Waals surface area contributed by atoms with Gasteiger partial charge in [0.15, 0.2) is 24.7 Å². The topological polar surface area (TPSA) is 77.4 Å². The van der Waals surface area contributed by atoms with Gasteiger partial charge in [-0.25, -0.2) is 9.80 Å². The van der Waals surface area contributed by atoms with Crippen LogP contribution in [-0.4, -0.2) is 42.4 Å². The third kappa shape index (κ3) is 6.20. The number of hydrogen-bond acceptors (Lipinski definition) is 6. The third-order valence-corrected chi connectivity index (χ3v) is 6.89. The summed E-state index contributed by atoms with van der Waals surface area (Å²) < 4.78 is 16.4. The van der Waals surface area contributed by atoms with Crippen LogP contribution in [0.4, 0.5) is 0 Å². The number of carbonyl (C=O) groups excluding carboxylic acids is 2. The lowest BCUT2D eigenvalue weighted by Gasteiger charge is -2.29. The summed E-state index contributed by atoms with van der Waals surface area (Å²) in [5.74, 6) is 0.0610. The summed E-state index contributed by atoms with van der Waals surface area (Å²) in [6.45, 7) is 1.60. The van der Waals surface area contributed by atoms with Crippen LogP contribution < -0.4 is 9.47 Å². The zero-order valence-corrected chi connectivity index (χ0v) is 22.0. The fourth-order valence-corrected chi connectivity index (χ4v) is 5.17. The lowest BCUT2D eigenvalue weighted by atomic mass is 9.77. The number of nitrogens with zero attached hydrogens (tertiary/aromatic N) is 2. The van der Waals surface area contributed by atoms with Crippen molar-refractivity contribution in [1.82, 2.24) is 5.01 Å². The molecular formula is C32H32N2O5. The van der Waals surface area contributed by atoms with E-state index in [0.29, 0.717) is 18.1 Å². The van der Waals surface area contributed by atoms with Crippen LogP contribution in [0.2, 0.25) is 0 Å². The molecule has 7 heteroatoms. The van der Waals surface area contributed by atoms with Gasteiger partial charge in [0.05, 0.1) is 18.4 Å². The number of para-hydroxylation sites is 2. The second-order valence-electron chi connectivity index (χ2n) is 9.49. The molecule has 7 nitrogen and oxygen atoms in total.